The highest BCUT2D eigenvalue weighted by Gasteiger charge is 2.67. The van der Waals surface area contributed by atoms with Gasteiger partial charge in [-0.2, -0.15) is 0 Å². The molecule has 0 aromatic heterocycles. The fourth-order valence-electron chi connectivity index (χ4n) is 10.0. The van der Waals surface area contributed by atoms with E-state index in [-0.39, 0.29) is 64.4 Å². The van der Waals surface area contributed by atoms with Gasteiger partial charge in [0, 0.05) is 44.0 Å². The Kier molecular flexibility index (Phi) is 24.9. The second-order valence-corrected chi connectivity index (χ2v) is 31.2. The van der Waals surface area contributed by atoms with Gasteiger partial charge in [-0.05, 0) is 103 Å². The molecule has 2 aromatic carbocycles. The van der Waals surface area contributed by atoms with Gasteiger partial charge >= 0.3 is 31.5 Å². The molecular weight excluding hydrogens is 1090 g/mol. The summed E-state index contributed by atoms with van der Waals surface area (Å²) in [5.74, 6) is -0.328. The number of carbonyl (C=O) groups is 4. The van der Waals surface area contributed by atoms with Crippen molar-refractivity contribution in [3.63, 3.8) is 0 Å². The summed E-state index contributed by atoms with van der Waals surface area (Å²) in [6.45, 7) is 19.7. The van der Waals surface area contributed by atoms with E-state index < -0.39 is 43.7 Å². The third kappa shape index (κ3) is 16.7. The van der Waals surface area contributed by atoms with Crippen LogP contribution in [0.1, 0.15) is 150 Å². The van der Waals surface area contributed by atoms with Gasteiger partial charge < -0.3 is 37.0 Å². The minimum Gasteiger partial charge on any atom is -0.459 e. The number of esters is 4. The fourth-order valence-corrected chi connectivity index (χ4v) is 24.4. The fraction of sp³-hybridized carbons (Fsp3) is 0.586. The number of thioether (sulfide) groups is 4. The number of hydrogen-bond acceptors (Lipinski definition) is 17. The molecule has 2 saturated heterocycles. The summed E-state index contributed by atoms with van der Waals surface area (Å²) in [6, 6.07) is 14.8. The van der Waals surface area contributed by atoms with Crippen LogP contribution in [-0.4, -0.2) is 93.9 Å². The van der Waals surface area contributed by atoms with Gasteiger partial charge in [0.15, 0.2) is 12.2 Å². The zero-order valence-corrected chi connectivity index (χ0v) is 50.9. The molecule has 13 nitrogen and oxygen atoms in total. The quantitative estimate of drug-likeness (QED) is 0.0157. The minimum absolute atomic E-state index is 0.0239. The number of rotatable bonds is 37. The van der Waals surface area contributed by atoms with Crippen LogP contribution in [0.25, 0.3) is 0 Å². The van der Waals surface area contributed by atoms with Crippen molar-refractivity contribution in [3.8, 4) is 0 Å². The molecule has 4 aliphatic rings. The normalized spacial score (nSPS) is 23.9. The number of fused-ring (bicyclic) bond motifs is 4. The Bertz CT molecular complexity index is 2420. The van der Waals surface area contributed by atoms with E-state index in [0.717, 1.165) is 55.4 Å². The maximum Gasteiger partial charge on any atom is 0.357 e. The number of allylic oxidation sites excluding steroid dienone is 2. The lowest BCUT2D eigenvalue weighted by atomic mass is 9.96. The van der Waals surface area contributed by atoms with Crippen LogP contribution >= 0.6 is 63.0 Å². The van der Waals surface area contributed by atoms with E-state index in [4.69, 9.17) is 37.0 Å². The van der Waals surface area contributed by atoms with Crippen LogP contribution in [0.4, 0.5) is 0 Å². The second kappa shape index (κ2) is 30.3. The van der Waals surface area contributed by atoms with Gasteiger partial charge in [0.05, 0.1) is 37.6 Å². The Balaban J connectivity index is 0.933. The monoisotopic (exact) mass is 1170 g/mol. The van der Waals surface area contributed by atoms with Gasteiger partial charge in [-0.3, -0.25) is 4.57 Å². The van der Waals surface area contributed by atoms with Crippen molar-refractivity contribution in [2.45, 2.75) is 147 Å². The van der Waals surface area contributed by atoms with Crippen molar-refractivity contribution < 1.29 is 60.8 Å². The van der Waals surface area contributed by atoms with E-state index in [1.807, 2.05) is 63.7 Å². The smallest absolute Gasteiger partial charge is 0.357 e. The lowest BCUT2D eigenvalue weighted by molar-refractivity contribution is -0.140. The third-order valence-corrected chi connectivity index (χ3v) is 28.1. The summed E-state index contributed by atoms with van der Waals surface area (Å²) in [5.41, 5.74) is 3.50. The van der Waals surface area contributed by atoms with Gasteiger partial charge in [-0.1, -0.05) is 113 Å². The predicted octanol–water partition coefficient (Wildman–Crippen LogP) is 15.4. The minimum atomic E-state index is -3.57. The average molecular weight is 1180 g/mol. The largest absolute Gasteiger partial charge is 0.459 e. The topological polar surface area (TPSA) is 159 Å². The molecule has 0 spiro atoms. The van der Waals surface area contributed by atoms with Crippen molar-refractivity contribution >= 4 is 86.9 Å². The molecule has 424 valence electrons. The summed E-state index contributed by atoms with van der Waals surface area (Å²) in [5, 5.41) is 0. The Morgan fingerprint density at radius 2 is 1.00 bits per heavy atom. The molecule has 0 saturated carbocycles. The van der Waals surface area contributed by atoms with E-state index in [0.29, 0.717) is 41.6 Å². The molecular formula is C58H80O13P2S4. The average Bonchev–Trinajstić information content (AvgIpc) is 4.33. The third-order valence-electron chi connectivity index (χ3n) is 13.8. The highest BCUT2D eigenvalue weighted by molar-refractivity contribution is 8.26. The van der Waals surface area contributed by atoms with Crippen molar-refractivity contribution in [2.24, 2.45) is 11.8 Å². The van der Waals surface area contributed by atoms with Gasteiger partial charge in [0.25, 0.3) is 0 Å². The SMILES string of the molecule is C=C(C)C(=O)OCCOC(=O)c1ccc(CSC2(P(OCC)OCC)SC3(CCCCCCCCCCC45C=CC(C4)C(SCc4ccc(C(=O)OCCOC(=O)C(=C)C)cc4)(P(=O)(OCC)OCC)S5)C=CC2C3)cc1. The first kappa shape index (κ1) is 63.4. The Morgan fingerprint density at radius 1 is 0.584 bits per heavy atom. The number of ether oxygens (including phenoxy) is 4. The Hall–Kier alpha value is -2.82. The summed E-state index contributed by atoms with van der Waals surface area (Å²) < 4.78 is 59.5. The molecule has 6 rings (SSSR count). The van der Waals surface area contributed by atoms with Crippen molar-refractivity contribution in [1.82, 2.24) is 0 Å². The van der Waals surface area contributed by atoms with Crippen molar-refractivity contribution in [3.05, 3.63) is 119 Å². The zero-order chi connectivity index (χ0) is 55.5. The summed E-state index contributed by atoms with van der Waals surface area (Å²) in [7, 11) is -4.76. The lowest BCUT2D eigenvalue weighted by Gasteiger charge is -2.41. The number of hydrogen-bond donors (Lipinski definition) is 0. The van der Waals surface area contributed by atoms with Crippen LogP contribution in [0.3, 0.4) is 0 Å². The first-order chi connectivity index (χ1) is 37.0. The summed E-state index contributed by atoms with van der Waals surface area (Å²) >= 11 is 7.41. The van der Waals surface area contributed by atoms with Crippen LogP contribution in [-0.2, 0) is 62.7 Å². The Labute approximate surface area is 476 Å². The molecule has 2 heterocycles. The van der Waals surface area contributed by atoms with Crippen molar-refractivity contribution in [2.75, 3.05) is 52.9 Å². The van der Waals surface area contributed by atoms with Crippen molar-refractivity contribution in [1.29, 1.82) is 0 Å². The van der Waals surface area contributed by atoms with E-state index in [1.165, 1.54) is 38.5 Å². The number of unbranched alkanes of at least 4 members (excludes halogenated alkanes) is 7. The maximum absolute atomic E-state index is 14.9. The standard InChI is InChI=1S/C58H80O13P2S4/c1-9-68-72(69-10-2)57(74-41-45-21-25-47(26-22-45)53(61)66-37-35-64-51(59)43(5)6)49-29-33-55(39-49,76-57)31-19-17-15-13-14-16-18-20-32-56-34-30-50(40-56)58(77-56,73(63,70-11-3)71-12-4)75-42-46-23-27-48(28-24-46)54(62)67-38-36-65-52(60)44(7)8/h21-30,33-34,49-50H,5,7,9-20,31-32,35-42H2,1-4,6,8H3. The highest BCUT2D eigenvalue weighted by Crippen LogP contribution is 2.81. The lowest BCUT2D eigenvalue weighted by Crippen LogP contribution is -2.30. The maximum atomic E-state index is 14.9. The molecule has 4 bridgehead atoms. The summed E-state index contributed by atoms with van der Waals surface area (Å²) in [6.07, 6.45) is 23.1. The highest BCUT2D eigenvalue weighted by atomic mass is 32.2. The van der Waals surface area contributed by atoms with Crippen LogP contribution in [0.2, 0.25) is 0 Å². The first-order valence-electron chi connectivity index (χ1n) is 27.2. The van der Waals surface area contributed by atoms with E-state index >= 15 is 0 Å². The number of carbonyl (C=O) groups excluding carboxylic acids is 4. The summed E-state index contributed by atoms with van der Waals surface area (Å²) in [4.78, 5) is 48.6. The van der Waals surface area contributed by atoms with E-state index in [9.17, 15) is 23.7 Å². The molecule has 6 unspecified atom stereocenters. The second-order valence-electron chi connectivity index (χ2n) is 19.8. The molecule has 2 aromatic rings. The zero-order valence-electron chi connectivity index (χ0n) is 45.9. The molecule has 0 radical (unpaired) electrons. The number of benzene rings is 2. The molecule has 2 aliphatic heterocycles. The molecule has 77 heavy (non-hydrogen) atoms. The van der Waals surface area contributed by atoms with Crippen LogP contribution in [0.15, 0.2) is 97.1 Å². The van der Waals surface area contributed by atoms with Gasteiger partial charge in [0.2, 0.25) is 0 Å². The molecule has 6 atom stereocenters. The first-order valence-corrected chi connectivity index (χ1v) is 33.5. The molecule has 2 fully saturated rings. The van der Waals surface area contributed by atoms with Crippen LogP contribution in [0.5, 0.6) is 0 Å². The Morgan fingerprint density at radius 3 is 1.45 bits per heavy atom. The van der Waals surface area contributed by atoms with Gasteiger partial charge in [-0.15, -0.1) is 47.0 Å². The van der Waals surface area contributed by atoms with Gasteiger partial charge in [-0.25, -0.2) is 19.2 Å². The van der Waals surface area contributed by atoms with Crippen LogP contribution < -0.4 is 0 Å². The van der Waals surface area contributed by atoms with E-state index in [1.54, 1.807) is 61.6 Å². The van der Waals surface area contributed by atoms with Gasteiger partial charge in [0.1, 0.15) is 30.2 Å². The molecule has 0 amide bonds. The molecule has 19 heteroatoms. The predicted molar refractivity (Wildman–Crippen MR) is 315 cm³/mol. The molecule has 0 N–H and O–H groups in total. The van der Waals surface area contributed by atoms with Crippen LogP contribution in [0, 0.1) is 11.8 Å². The van der Waals surface area contributed by atoms with E-state index in [2.05, 4.69) is 49.2 Å². The molecule has 2 aliphatic carbocycles.